The number of hydrogen-bond acceptors (Lipinski definition) is 6. The number of nitrogens with one attached hydrogen (secondary N) is 1. The number of amides is 1. The van der Waals surface area contributed by atoms with E-state index in [1.54, 1.807) is 30.3 Å². The number of benzene rings is 2. The average molecular weight is 354 g/mol. The lowest BCUT2D eigenvalue weighted by Gasteiger charge is -2.10. The van der Waals surface area contributed by atoms with Crippen molar-refractivity contribution >= 4 is 17.7 Å². The second-order valence-electron chi connectivity index (χ2n) is 5.12. The van der Waals surface area contributed by atoms with E-state index in [0.717, 1.165) is 0 Å². The van der Waals surface area contributed by atoms with Crippen molar-refractivity contribution in [3.63, 3.8) is 0 Å². The molecule has 26 heavy (non-hydrogen) atoms. The zero-order valence-electron chi connectivity index (χ0n) is 14.6. The molecule has 1 amide bonds. The third kappa shape index (κ3) is 4.24. The Morgan fingerprint density at radius 1 is 1.04 bits per heavy atom. The molecule has 2 rings (SSSR count). The zero-order valence-corrected chi connectivity index (χ0v) is 14.6. The molecule has 0 aromatic heterocycles. The van der Waals surface area contributed by atoms with Crippen LogP contribution in [-0.4, -0.2) is 32.3 Å². The fourth-order valence-corrected chi connectivity index (χ4v) is 2.22. The van der Waals surface area contributed by atoms with E-state index in [2.05, 4.69) is 5.32 Å². The first kappa shape index (κ1) is 18.7. The minimum atomic E-state index is -0.588. The van der Waals surface area contributed by atoms with Crippen LogP contribution in [-0.2, 0) is 4.79 Å². The summed E-state index contributed by atoms with van der Waals surface area (Å²) in [5, 5.41) is 21.7. The van der Waals surface area contributed by atoms with E-state index in [0.29, 0.717) is 28.5 Å². The molecule has 7 nitrogen and oxygen atoms in total. The molecule has 2 N–H and O–H groups in total. The van der Waals surface area contributed by atoms with Crippen molar-refractivity contribution in [2.24, 2.45) is 0 Å². The van der Waals surface area contributed by atoms with Gasteiger partial charge in [-0.25, -0.2) is 0 Å². The quantitative estimate of drug-likeness (QED) is 0.611. The van der Waals surface area contributed by atoms with Gasteiger partial charge in [-0.15, -0.1) is 0 Å². The SMILES string of the molecule is COc1ccc(/C=C(\C#N)C(=O)Nc2ccc(OC)c(OC)c2)cc1O. The Kier molecular flexibility index (Phi) is 6.06. The molecule has 0 aliphatic heterocycles. The smallest absolute Gasteiger partial charge is 0.266 e. The van der Waals surface area contributed by atoms with Crippen LogP contribution in [0.3, 0.4) is 0 Å². The van der Waals surface area contributed by atoms with Gasteiger partial charge >= 0.3 is 0 Å². The van der Waals surface area contributed by atoms with Crippen molar-refractivity contribution in [3.8, 4) is 29.1 Å². The van der Waals surface area contributed by atoms with Crippen LogP contribution in [0.15, 0.2) is 42.0 Å². The summed E-state index contributed by atoms with van der Waals surface area (Å²) in [5.41, 5.74) is 0.818. The molecule has 0 saturated carbocycles. The molecule has 0 bridgehead atoms. The predicted octanol–water partition coefficient (Wildman–Crippen LogP) is 2.96. The van der Waals surface area contributed by atoms with Crippen LogP contribution in [0, 0.1) is 11.3 Å². The molecule has 0 spiro atoms. The highest BCUT2D eigenvalue weighted by Crippen LogP contribution is 2.30. The summed E-state index contributed by atoms with van der Waals surface area (Å²) < 4.78 is 15.3. The molecule has 134 valence electrons. The molecule has 0 fully saturated rings. The zero-order chi connectivity index (χ0) is 19.1. The number of carbonyl (C=O) groups excluding carboxylic acids is 1. The number of nitriles is 1. The minimum Gasteiger partial charge on any atom is -0.504 e. The lowest BCUT2D eigenvalue weighted by Crippen LogP contribution is -2.13. The minimum absolute atomic E-state index is 0.0844. The number of hydrogen-bond donors (Lipinski definition) is 2. The fraction of sp³-hybridized carbons (Fsp3) is 0.158. The molecule has 2 aromatic rings. The highest BCUT2D eigenvalue weighted by atomic mass is 16.5. The predicted molar refractivity (Wildman–Crippen MR) is 96.4 cm³/mol. The first-order valence-corrected chi connectivity index (χ1v) is 7.54. The van der Waals surface area contributed by atoms with Crippen molar-refractivity contribution in [1.82, 2.24) is 0 Å². The van der Waals surface area contributed by atoms with Gasteiger partial charge in [0.15, 0.2) is 23.0 Å². The van der Waals surface area contributed by atoms with Crippen LogP contribution in [0.2, 0.25) is 0 Å². The average Bonchev–Trinajstić information content (AvgIpc) is 2.65. The van der Waals surface area contributed by atoms with Gasteiger partial charge in [0.25, 0.3) is 5.91 Å². The van der Waals surface area contributed by atoms with Crippen molar-refractivity contribution < 1.29 is 24.1 Å². The maximum absolute atomic E-state index is 12.3. The fourth-order valence-electron chi connectivity index (χ4n) is 2.22. The molecule has 0 aliphatic rings. The van der Waals surface area contributed by atoms with Gasteiger partial charge in [-0.05, 0) is 35.9 Å². The van der Waals surface area contributed by atoms with Crippen LogP contribution in [0.5, 0.6) is 23.0 Å². The number of carbonyl (C=O) groups is 1. The van der Waals surface area contributed by atoms with E-state index in [1.807, 2.05) is 6.07 Å². The lowest BCUT2D eigenvalue weighted by atomic mass is 10.1. The number of phenolic OH excluding ortho intramolecular Hbond substituents is 1. The highest BCUT2D eigenvalue weighted by molar-refractivity contribution is 6.09. The number of anilines is 1. The van der Waals surface area contributed by atoms with Crippen LogP contribution in [0.1, 0.15) is 5.56 Å². The molecule has 7 heteroatoms. The van der Waals surface area contributed by atoms with E-state index < -0.39 is 5.91 Å². The molecular weight excluding hydrogens is 336 g/mol. The van der Waals surface area contributed by atoms with E-state index in [-0.39, 0.29) is 11.3 Å². The molecule has 0 unspecified atom stereocenters. The number of ether oxygens (including phenoxy) is 3. The largest absolute Gasteiger partial charge is 0.504 e. The van der Waals surface area contributed by atoms with Gasteiger partial charge in [-0.1, -0.05) is 6.07 Å². The molecule has 0 atom stereocenters. The molecule has 0 heterocycles. The summed E-state index contributed by atoms with van der Waals surface area (Å²) in [6, 6.07) is 11.3. The van der Waals surface area contributed by atoms with Gasteiger partial charge in [0.1, 0.15) is 11.6 Å². The van der Waals surface area contributed by atoms with E-state index in [1.165, 1.54) is 33.5 Å². The summed E-state index contributed by atoms with van der Waals surface area (Å²) >= 11 is 0. The van der Waals surface area contributed by atoms with Gasteiger partial charge in [0.05, 0.1) is 21.3 Å². The van der Waals surface area contributed by atoms with E-state index in [9.17, 15) is 15.2 Å². The van der Waals surface area contributed by atoms with Crippen molar-refractivity contribution in [2.45, 2.75) is 0 Å². The van der Waals surface area contributed by atoms with Gasteiger partial charge in [0.2, 0.25) is 0 Å². The summed E-state index contributed by atoms with van der Waals surface area (Å²) in [6.45, 7) is 0. The Morgan fingerprint density at radius 2 is 1.69 bits per heavy atom. The molecule has 2 aromatic carbocycles. The third-order valence-electron chi connectivity index (χ3n) is 3.52. The lowest BCUT2D eigenvalue weighted by molar-refractivity contribution is -0.112. The van der Waals surface area contributed by atoms with Gasteiger partial charge in [-0.3, -0.25) is 4.79 Å². The first-order chi connectivity index (χ1) is 12.5. The normalized spacial score (nSPS) is 10.6. The number of aromatic hydroxyl groups is 1. The molecular formula is C19H18N2O5. The maximum atomic E-state index is 12.3. The number of methoxy groups -OCH3 is 3. The topological polar surface area (TPSA) is 101 Å². The van der Waals surface area contributed by atoms with Crippen LogP contribution in [0.4, 0.5) is 5.69 Å². The van der Waals surface area contributed by atoms with Gasteiger partial charge < -0.3 is 24.6 Å². The Labute approximate surface area is 151 Å². The summed E-state index contributed by atoms with van der Waals surface area (Å²) in [7, 11) is 4.43. The Hall–Kier alpha value is -3.66. The van der Waals surface area contributed by atoms with Crippen LogP contribution in [0.25, 0.3) is 6.08 Å². The van der Waals surface area contributed by atoms with Crippen molar-refractivity contribution in [1.29, 1.82) is 5.26 Å². The first-order valence-electron chi connectivity index (χ1n) is 7.54. The number of phenols is 1. The number of nitrogens with zero attached hydrogens (tertiary/aromatic N) is 1. The summed E-state index contributed by atoms with van der Waals surface area (Å²) in [5.74, 6) is 0.604. The van der Waals surface area contributed by atoms with Crippen molar-refractivity contribution in [2.75, 3.05) is 26.6 Å². The van der Waals surface area contributed by atoms with E-state index >= 15 is 0 Å². The van der Waals surface area contributed by atoms with Crippen LogP contribution >= 0.6 is 0 Å². The maximum Gasteiger partial charge on any atom is 0.266 e. The monoisotopic (exact) mass is 354 g/mol. The second kappa shape index (κ2) is 8.44. The molecule has 0 aliphatic carbocycles. The van der Waals surface area contributed by atoms with E-state index in [4.69, 9.17) is 14.2 Å². The number of rotatable bonds is 6. The van der Waals surface area contributed by atoms with Gasteiger partial charge in [-0.2, -0.15) is 5.26 Å². The van der Waals surface area contributed by atoms with Gasteiger partial charge in [0, 0.05) is 11.8 Å². The molecule has 0 saturated heterocycles. The molecule has 0 radical (unpaired) electrons. The van der Waals surface area contributed by atoms with Crippen LogP contribution < -0.4 is 19.5 Å². The standard InChI is InChI=1S/C19H18N2O5/c1-24-16-6-4-12(9-15(16)22)8-13(11-20)19(23)21-14-5-7-17(25-2)18(10-14)26-3/h4-10,22H,1-3H3,(H,21,23)/b13-8+. The Morgan fingerprint density at radius 3 is 2.27 bits per heavy atom. The highest BCUT2D eigenvalue weighted by Gasteiger charge is 2.12. The Balaban J connectivity index is 2.24. The third-order valence-corrected chi connectivity index (χ3v) is 3.52. The summed E-state index contributed by atoms with van der Waals surface area (Å²) in [6.07, 6.45) is 1.37. The Bertz CT molecular complexity index is 884. The van der Waals surface area contributed by atoms with Crippen molar-refractivity contribution in [3.05, 3.63) is 47.5 Å². The summed E-state index contributed by atoms with van der Waals surface area (Å²) in [4.78, 5) is 12.3. The second-order valence-corrected chi connectivity index (χ2v) is 5.12.